The van der Waals surface area contributed by atoms with Crippen LogP contribution in [0.5, 0.6) is 0 Å². The summed E-state index contributed by atoms with van der Waals surface area (Å²) in [7, 11) is 1.70. The number of nitrogens with zero attached hydrogens (tertiary/aromatic N) is 1. The molecule has 0 aliphatic heterocycles. The number of aliphatic hydroxyl groups is 1. The Kier molecular flexibility index (Phi) is 7.96. The van der Waals surface area contributed by atoms with Gasteiger partial charge in [0.25, 0.3) is 0 Å². The summed E-state index contributed by atoms with van der Waals surface area (Å²) in [6.07, 6.45) is 2.08. The molecule has 1 heterocycles. The molecule has 21 heavy (non-hydrogen) atoms. The number of furan rings is 1. The van der Waals surface area contributed by atoms with E-state index in [1.807, 2.05) is 32.9 Å². The van der Waals surface area contributed by atoms with Crippen molar-refractivity contribution in [2.24, 2.45) is 0 Å². The van der Waals surface area contributed by atoms with Crippen molar-refractivity contribution in [2.75, 3.05) is 33.4 Å². The van der Waals surface area contributed by atoms with E-state index in [4.69, 9.17) is 13.9 Å². The zero-order valence-corrected chi connectivity index (χ0v) is 13.7. The fourth-order valence-corrected chi connectivity index (χ4v) is 1.99. The van der Waals surface area contributed by atoms with Crippen LogP contribution in [-0.4, -0.2) is 55.1 Å². The van der Waals surface area contributed by atoms with E-state index < -0.39 is 6.10 Å². The van der Waals surface area contributed by atoms with E-state index in [9.17, 15) is 5.11 Å². The highest BCUT2D eigenvalue weighted by Crippen LogP contribution is 2.10. The van der Waals surface area contributed by atoms with Crippen LogP contribution >= 0.6 is 0 Å². The largest absolute Gasteiger partial charge is 0.468 e. The summed E-state index contributed by atoms with van der Waals surface area (Å²) in [6.45, 7) is 9.09. The molecule has 0 aromatic carbocycles. The van der Waals surface area contributed by atoms with E-state index in [0.717, 1.165) is 18.7 Å². The molecule has 0 spiro atoms. The number of hydrogen-bond donors (Lipinski definition) is 1. The topological polar surface area (TPSA) is 55.1 Å². The summed E-state index contributed by atoms with van der Waals surface area (Å²) in [5.74, 6) is 0.899. The normalized spacial score (nSPS) is 13.8. The van der Waals surface area contributed by atoms with Gasteiger partial charge in [0.15, 0.2) is 0 Å². The number of methoxy groups -OCH3 is 1. The Morgan fingerprint density at radius 2 is 2.14 bits per heavy atom. The standard InChI is InChI=1S/C16H29NO4/c1-16(2,3)21-13-14(18)11-17(8-6-9-19-4)12-15-7-5-10-20-15/h5,7,10,14,18H,6,8-9,11-13H2,1-4H3/t14-/m1/s1. The highest BCUT2D eigenvalue weighted by Gasteiger charge is 2.17. The first kappa shape index (κ1) is 18.2. The van der Waals surface area contributed by atoms with E-state index in [-0.39, 0.29) is 5.60 Å². The Balaban J connectivity index is 2.43. The molecule has 0 bridgehead atoms. The van der Waals surface area contributed by atoms with Gasteiger partial charge < -0.3 is 19.0 Å². The summed E-state index contributed by atoms with van der Waals surface area (Å²) in [5.41, 5.74) is -0.233. The lowest BCUT2D eigenvalue weighted by atomic mass is 10.2. The quantitative estimate of drug-likeness (QED) is 0.672. The van der Waals surface area contributed by atoms with E-state index in [0.29, 0.717) is 26.3 Å². The lowest BCUT2D eigenvalue weighted by Gasteiger charge is -2.26. The molecule has 0 fully saturated rings. The fourth-order valence-electron chi connectivity index (χ4n) is 1.99. The van der Waals surface area contributed by atoms with Crippen LogP contribution < -0.4 is 0 Å². The van der Waals surface area contributed by atoms with Crippen molar-refractivity contribution in [2.45, 2.75) is 45.4 Å². The fraction of sp³-hybridized carbons (Fsp3) is 0.750. The molecule has 1 atom stereocenters. The van der Waals surface area contributed by atoms with Crippen LogP contribution in [0.25, 0.3) is 0 Å². The average Bonchev–Trinajstić information content (AvgIpc) is 2.88. The van der Waals surface area contributed by atoms with Crippen LogP contribution in [-0.2, 0) is 16.0 Å². The summed E-state index contributed by atoms with van der Waals surface area (Å²) in [5, 5.41) is 10.1. The van der Waals surface area contributed by atoms with Gasteiger partial charge in [0, 0.05) is 26.8 Å². The van der Waals surface area contributed by atoms with Gasteiger partial charge in [-0.25, -0.2) is 0 Å². The monoisotopic (exact) mass is 299 g/mol. The SMILES string of the molecule is COCCCN(Cc1ccco1)C[C@@H](O)COC(C)(C)C. The molecule has 0 unspecified atom stereocenters. The molecule has 1 aromatic heterocycles. The van der Waals surface area contributed by atoms with Crippen molar-refractivity contribution in [1.82, 2.24) is 4.90 Å². The molecule has 5 nitrogen and oxygen atoms in total. The van der Waals surface area contributed by atoms with Crippen molar-refractivity contribution in [3.05, 3.63) is 24.2 Å². The highest BCUT2D eigenvalue weighted by molar-refractivity contribution is 4.97. The number of hydrogen-bond acceptors (Lipinski definition) is 5. The van der Waals surface area contributed by atoms with Gasteiger partial charge in [0.2, 0.25) is 0 Å². The lowest BCUT2D eigenvalue weighted by Crippen LogP contribution is -2.37. The van der Waals surface area contributed by atoms with Gasteiger partial charge in [-0.15, -0.1) is 0 Å². The Hall–Kier alpha value is -0.880. The van der Waals surface area contributed by atoms with Crippen molar-refractivity contribution in [3.63, 3.8) is 0 Å². The van der Waals surface area contributed by atoms with Gasteiger partial charge in [-0.1, -0.05) is 0 Å². The number of aliphatic hydroxyl groups excluding tert-OH is 1. The van der Waals surface area contributed by atoms with Crippen LogP contribution in [0, 0.1) is 0 Å². The van der Waals surface area contributed by atoms with Gasteiger partial charge in [-0.05, 0) is 39.3 Å². The van der Waals surface area contributed by atoms with Gasteiger partial charge >= 0.3 is 0 Å². The first-order chi connectivity index (χ1) is 9.90. The third-order valence-electron chi connectivity index (χ3n) is 2.96. The third-order valence-corrected chi connectivity index (χ3v) is 2.96. The zero-order valence-electron chi connectivity index (χ0n) is 13.7. The van der Waals surface area contributed by atoms with Gasteiger partial charge in [-0.2, -0.15) is 0 Å². The van der Waals surface area contributed by atoms with Gasteiger partial charge in [0.1, 0.15) is 5.76 Å². The number of rotatable bonds is 10. The Morgan fingerprint density at radius 1 is 1.38 bits per heavy atom. The van der Waals surface area contributed by atoms with Crippen molar-refractivity contribution in [3.8, 4) is 0 Å². The van der Waals surface area contributed by atoms with E-state index in [2.05, 4.69) is 4.90 Å². The van der Waals surface area contributed by atoms with Crippen LogP contribution in [0.1, 0.15) is 33.0 Å². The molecule has 1 rings (SSSR count). The van der Waals surface area contributed by atoms with E-state index in [1.165, 1.54) is 0 Å². The van der Waals surface area contributed by atoms with Gasteiger partial charge in [-0.3, -0.25) is 4.90 Å². The molecular formula is C16H29NO4. The first-order valence-electron chi connectivity index (χ1n) is 7.46. The van der Waals surface area contributed by atoms with E-state index >= 15 is 0 Å². The third kappa shape index (κ3) is 8.88. The summed E-state index contributed by atoms with van der Waals surface area (Å²) in [6, 6.07) is 3.82. The lowest BCUT2D eigenvalue weighted by molar-refractivity contribution is -0.0572. The van der Waals surface area contributed by atoms with Crippen LogP contribution in [0.3, 0.4) is 0 Å². The molecule has 5 heteroatoms. The van der Waals surface area contributed by atoms with Crippen molar-refractivity contribution < 1.29 is 19.0 Å². The summed E-state index contributed by atoms with van der Waals surface area (Å²) < 4.78 is 16.1. The minimum atomic E-state index is -0.512. The van der Waals surface area contributed by atoms with Crippen LogP contribution in [0.4, 0.5) is 0 Å². The summed E-state index contributed by atoms with van der Waals surface area (Å²) in [4.78, 5) is 2.16. The van der Waals surface area contributed by atoms with Crippen LogP contribution in [0.2, 0.25) is 0 Å². The van der Waals surface area contributed by atoms with E-state index in [1.54, 1.807) is 13.4 Å². The minimum Gasteiger partial charge on any atom is -0.468 e. The predicted octanol–water partition coefficient (Wildman–Crippen LogP) is 2.29. The second-order valence-electron chi connectivity index (χ2n) is 6.24. The first-order valence-corrected chi connectivity index (χ1v) is 7.46. The Bertz CT molecular complexity index is 359. The Morgan fingerprint density at radius 3 is 2.71 bits per heavy atom. The highest BCUT2D eigenvalue weighted by atomic mass is 16.5. The predicted molar refractivity (Wildman–Crippen MR) is 82.2 cm³/mol. The maximum absolute atomic E-state index is 10.1. The second kappa shape index (κ2) is 9.20. The molecule has 122 valence electrons. The number of ether oxygens (including phenoxy) is 2. The zero-order chi connectivity index (χ0) is 15.7. The smallest absolute Gasteiger partial charge is 0.117 e. The maximum atomic E-state index is 10.1. The Labute approximate surface area is 127 Å². The van der Waals surface area contributed by atoms with Crippen molar-refractivity contribution >= 4 is 0 Å². The molecule has 1 aromatic rings. The molecule has 0 radical (unpaired) electrons. The van der Waals surface area contributed by atoms with Crippen LogP contribution in [0.15, 0.2) is 22.8 Å². The second-order valence-corrected chi connectivity index (χ2v) is 6.24. The van der Waals surface area contributed by atoms with Gasteiger partial charge in [0.05, 0.1) is 31.1 Å². The molecule has 0 aliphatic carbocycles. The maximum Gasteiger partial charge on any atom is 0.117 e. The summed E-state index contributed by atoms with van der Waals surface area (Å²) >= 11 is 0. The molecule has 0 aliphatic rings. The molecule has 0 saturated carbocycles. The minimum absolute atomic E-state index is 0.233. The molecule has 0 saturated heterocycles. The molecular weight excluding hydrogens is 270 g/mol. The molecule has 0 amide bonds. The van der Waals surface area contributed by atoms with Crippen molar-refractivity contribution in [1.29, 1.82) is 0 Å². The average molecular weight is 299 g/mol. The molecule has 1 N–H and O–H groups in total.